The zero-order chi connectivity index (χ0) is 10.9. The average Bonchev–Trinajstić information content (AvgIpc) is 2.11. The van der Waals surface area contributed by atoms with Crippen LogP contribution in [0.1, 0.15) is 31.9 Å². The molecule has 1 aliphatic carbocycles. The van der Waals surface area contributed by atoms with E-state index in [0.717, 1.165) is 19.8 Å². The van der Waals surface area contributed by atoms with Gasteiger partial charge in [-0.3, -0.25) is 0 Å². The minimum Gasteiger partial charge on any atom is -0.351 e. The molecular weight excluding hydrogens is 200 g/mol. The highest BCUT2D eigenvalue weighted by atomic mass is 19.3. The third-order valence-corrected chi connectivity index (χ3v) is 2.54. The van der Waals surface area contributed by atoms with Crippen LogP contribution in [0.3, 0.4) is 0 Å². The van der Waals surface area contributed by atoms with Gasteiger partial charge in [0.05, 0.1) is 0 Å². The van der Waals surface area contributed by atoms with E-state index in [1.54, 1.807) is 0 Å². The van der Waals surface area contributed by atoms with Crippen molar-refractivity contribution in [3.05, 3.63) is 18.0 Å². The van der Waals surface area contributed by atoms with E-state index in [2.05, 4.69) is 15.3 Å². The molecule has 0 aliphatic heterocycles. The molecule has 1 N–H and O–H groups in total. The smallest absolute Gasteiger partial charge is 0.287 e. The molecule has 0 amide bonds. The Hall–Kier alpha value is -1.26. The number of aromatic nitrogens is 2. The van der Waals surface area contributed by atoms with Crippen molar-refractivity contribution < 1.29 is 8.78 Å². The van der Waals surface area contributed by atoms with Crippen molar-refractivity contribution in [1.29, 1.82) is 0 Å². The Morgan fingerprint density at radius 3 is 2.73 bits per heavy atom. The minimum absolute atomic E-state index is 0.237. The Bertz CT molecular complexity index is 345. The van der Waals surface area contributed by atoms with Crippen LogP contribution in [0, 0.1) is 0 Å². The lowest BCUT2D eigenvalue weighted by molar-refractivity contribution is 0.0127. The van der Waals surface area contributed by atoms with E-state index >= 15 is 0 Å². The van der Waals surface area contributed by atoms with E-state index in [1.165, 1.54) is 18.7 Å². The summed E-state index contributed by atoms with van der Waals surface area (Å²) in [4.78, 5) is 7.71. The van der Waals surface area contributed by atoms with Crippen molar-refractivity contribution in [1.82, 2.24) is 9.97 Å². The maximum atomic E-state index is 12.9. The molecule has 1 fully saturated rings. The lowest BCUT2D eigenvalue weighted by Gasteiger charge is -2.26. The van der Waals surface area contributed by atoms with Gasteiger partial charge in [0.2, 0.25) is 5.95 Å². The van der Waals surface area contributed by atoms with E-state index in [-0.39, 0.29) is 5.69 Å². The zero-order valence-corrected chi connectivity index (χ0v) is 8.50. The highest BCUT2D eigenvalue weighted by Gasteiger charge is 2.27. The number of halogens is 2. The Labute approximate surface area is 86.9 Å². The number of rotatable bonds is 3. The van der Waals surface area contributed by atoms with E-state index in [0.29, 0.717) is 12.0 Å². The third kappa shape index (κ3) is 2.40. The fourth-order valence-electron chi connectivity index (χ4n) is 1.41. The first-order valence-electron chi connectivity index (χ1n) is 5.03. The summed E-state index contributed by atoms with van der Waals surface area (Å²) in [5, 5.41) is 3.04. The van der Waals surface area contributed by atoms with Gasteiger partial charge in [-0.15, -0.1) is 0 Å². The Balaban J connectivity index is 2.11. The number of nitrogens with zero attached hydrogens (tertiary/aromatic N) is 2. The van der Waals surface area contributed by atoms with Gasteiger partial charge in [-0.2, -0.15) is 8.78 Å². The highest BCUT2D eigenvalue weighted by molar-refractivity contribution is 5.28. The van der Waals surface area contributed by atoms with Gasteiger partial charge in [-0.25, -0.2) is 9.97 Å². The fourth-order valence-corrected chi connectivity index (χ4v) is 1.41. The maximum absolute atomic E-state index is 12.9. The van der Waals surface area contributed by atoms with Gasteiger partial charge in [0, 0.05) is 19.2 Å². The fraction of sp³-hybridized carbons (Fsp3) is 0.600. The Kier molecular flexibility index (Phi) is 2.54. The molecule has 1 aromatic heterocycles. The minimum atomic E-state index is -2.90. The molecule has 0 bridgehead atoms. The van der Waals surface area contributed by atoms with Crippen molar-refractivity contribution in [2.24, 2.45) is 0 Å². The number of hydrogen-bond acceptors (Lipinski definition) is 3. The number of nitrogens with one attached hydrogen (secondary N) is 1. The molecule has 2 rings (SSSR count). The van der Waals surface area contributed by atoms with Crippen molar-refractivity contribution in [3.8, 4) is 0 Å². The summed E-state index contributed by atoms with van der Waals surface area (Å²) in [6.45, 7) is 0.836. The van der Waals surface area contributed by atoms with Crippen LogP contribution in [0.4, 0.5) is 14.7 Å². The van der Waals surface area contributed by atoms with Gasteiger partial charge in [0.25, 0.3) is 5.92 Å². The van der Waals surface area contributed by atoms with Gasteiger partial charge in [0.15, 0.2) is 0 Å². The first kappa shape index (κ1) is 10.3. The topological polar surface area (TPSA) is 37.8 Å². The standard InChI is InChI=1S/C10H13F2N3/c1-10(11,12)8-5-6-13-9(15-8)14-7-3-2-4-7/h5-7H,2-4H2,1H3,(H,13,14,15). The van der Waals surface area contributed by atoms with Crippen LogP contribution in [0.2, 0.25) is 0 Å². The third-order valence-electron chi connectivity index (χ3n) is 2.54. The van der Waals surface area contributed by atoms with E-state index in [4.69, 9.17) is 0 Å². The van der Waals surface area contributed by atoms with Crippen LogP contribution in [0.15, 0.2) is 12.3 Å². The molecule has 1 aliphatic rings. The summed E-state index contributed by atoms with van der Waals surface area (Å²) >= 11 is 0. The van der Waals surface area contributed by atoms with Crippen molar-refractivity contribution in [2.45, 2.75) is 38.2 Å². The average molecular weight is 213 g/mol. The molecule has 1 aromatic rings. The van der Waals surface area contributed by atoms with Crippen LogP contribution < -0.4 is 5.32 Å². The van der Waals surface area contributed by atoms with Crippen molar-refractivity contribution in [2.75, 3.05) is 5.32 Å². The second kappa shape index (κ2) is 3.72. The molecule has 1 heterocycles. The maximum Gasteiger partial charge on any atom is 0.287 e. The first-order chi connectivity index (χ1) is 7.05. The van der Waals surface area contributed by atoms with E-state index in [1.807, 2.05) is 0 Å². The summed E-state index contributed by atoms with van der Waals surface area (Å²) in [7, 11) is 0. The number of alkyl halides is 2. The van der Waals surface area contributed by atoms with E-state index in [9.17, 15) is 8.78 Å². The summed E-state index contributed by atoms with van der Waals surface area (Å²) in [5.74, 6) is -2.60. The van der Waals surface area contributed by atoms with Crippen molar-refractivity contribution in [3.63, 3.8) is 0 Å². The molecule has 0 aromatic carbocycles. The predicted molar refractivity (Wildman–Crippen MR) is 52.9 cm³/mol. The molecule has 0 spiro atoms. The molecule has 3 nitrogen and oxygen atoms in total. The second-order valence-electron chi connectivity index (χ2n) is 3.93. The lowest BCUT2D eigenvalue weighted by Crippen LogP contribution is -2.28. The molecule has 82 valence electrons. The first-order valence-corrected chi connectivity index (χ1v) is 5.03. The van der Waals surface area contributed by atoms with Gasteiger partial charge in [-0.1, -0.05) is 0 Å². The summed E-state index contributed by atoms with van der Waals surface area (Å²) in [5.41, 5.74) is -0.237. The van der Waals surface area contributed by atoms with Crippen LogP contribution in [-0.4, -0.2) is 16.0 Å². The van der Waals surface area contributed by atoms with Crippen LogP contribution in [0.5, 0.6) is 0 Å². The molecule has 0 radical (unpaired) electrons. The molecular formula is C10H13F2N3. The van der Waals surface area contributed by atoms with Crippen LogP contribution >= 0.6 is 0 Å². The molecule has 0 saturated heterocycles. The SMILES string of the molecule is CC(F)(F)c1ccnc(NC2CCC2)n1. The Morgan fingerprint density at radius 1 is 1.47 bits per heavy atom. The highest BCUT2D eigenvalue weighted by Crippen LogP contribution is 2.26. The molecule has 0 unspecified atom stereocenters. The summed E-state index contributed by atoms with van der Waals surface area (Å²) in [6.07, 6.45) is 4.67. The summed E-state index contributed by atoms with van der Waals surface area (Å²) < 4.78 is 25.9. The van der Waals surface area contributed by atoms with Gasteiger partial charge in [-0.05, 0) is 25.3 Å². The lowest BCUT2D eigenvalue weighted by atomic mass is 9.93. The largest absolute Gasteiger partial charge is 0.351 e. The van der Waals surface area contributed by atoms with Gasteiger partial charge < -0.3 is 5.32 Å². The zero-order valence-electron chi connectivity index (χ0n) is 8.50. The Morgan fingerprint density at radius 2 is 2.20 bits per heavy atom. The molecule has 1 saturated carbocycles. The van der Waals surface area contributed by atoms with Gasteiger partial charge in [0.1, 0.15) is 5.69 Å². The summed E-state index contributed by atoms with van der Waals surface area (Å²) in [6, 6.07) is 1.59. The quantitative estimate of drug-likeness (QED) is 0.838. The monoisotopic (exact) mass is 213 g/mol. The normalized spacial score (nSPS) is 17.3. The van der Waals surface area contributed by atoms with Crippen LogP contribution in [-0.2, 0) is 5.92 Å². The molecule has 15 heavy (non-hydrogen) atoms. The molecule has 0 atom stereocenters. The molecule has 5 heteroatoms. The predicted octanol–water partition coefficient (Wildman–Crippen LogP) is 2.55. The van der Waals surface area contributed by atoms with Gasteiger partial charge >= 0.3 is 0 Å². The number of anilines is 1. The van der Waals surface area contributed by atoms with E-state index < -0.39 is 5.92 Å². The van der Waals surface area contributed by atoms with Crippen LogP contribution in [0.25, 0.3) is 0 Å². The van der Waals surface area contributed by atoms with Crippen molar-refractivity contribution >= 4 is 5.95 Å². The number of hydrogen-bond donors (Lipinski definition) is 1. The second-order valence-corrected chi connectivity index (χ2v) is 3.93.